The van der Waals surface area contributed by atoms with Crippen molar-refractivity contribution in [3.63, 3.8) is 0 Å². The summed E-state index contributed by atoms with van der Waals surface area (Å²) in [5.74, 6) is 0.277. The van der Waals surface area contributed by atoms with Gasteiger partial charge in [0, 0.05) is 37.9 Å². The lowest BCUT2D eigenvalue weighted by molar-refractivity contribution is -0.126. The lowest BCUT2D eigenvalue weighted by Gasteiger charge is -2.26. The molecule has 2 aromatic rings. The van der Waals surface area contributed by atoms with E-state index in [0.717, 1.165) is 43.3 Å². The molecule has 1 aromatic carbocycles. The highest BCUT2D eigenvalue weighted by Gasteiger charge is 2.34. The number of benzene rings is 1. The van der Waals surface area contributed by atoms with E-state index in [2.05, 4.69) is 20.2 Å². The molecule has 2 aliphatic heterocycles. The Balaban J connectivity index is 1.34. The first kappa shape index (κ1) is 18.4. The van der Waals surface area contributed by atoms with Crippen LogP contribution in [0.3, 0.4) is 0 Å². The number of piperidine rings is 1. The molecule has 0 radical (unpaired) electrons. The van der Waals surface area contributed by atoms with Gasteiger partial charge in [-0.3, -0.25) is 9.59 Å². The molecule has 7 nitrogen and oxygen atoms in total. The van der Waals surface area contributed by atoms with Crippen LogP contribution in [0.5, 0.6) is 0 Å². The van der Waals surface area contributed by atoms with Crippen LogP contribution < -0.4 is 15.1 Å². The molecule has 4 rings (SSSR count). The number of carbonyl (C=O) groups excluding carboxylic acids is 2. The lowest BCUT2D eigenvalue weighted by atomic mass is 10.1. The van der Waals surface area contributed by atoms with E-state index in [1.165, 1.54) is 6.42 Å². The topological polar surface area (TPSA) is 78.4 Å². The predicted molar refractivity (Wildman–Crippen MR) is 107 cm³/mol. The molecule has 146 valence electrons. The molecule has 3 heterocycles. The molecule has 2 fully saturated rings. The molecule has 1 N–H and O–H groups in total. The average Bonchev–Trinajstić information content (AvgIpc) is 3.15. The van der Waals surface area contributed by atoms with Crippen LogP contribution in [0.1, 0.15) is 31.4 Å². The number of rotatable bonds is 5. The van der Waals surface area contributed by atoms with Gasteiger partial charge in [-0.1, -0.05) is 18.2 Å². The third-order valence-electron chi connectivity index (χ3n) is 5.35. The van der Waals surface area contributed by atoms with Crippen LogP contribution in [0.2, 0.25) is 0 Å². The number of carbonyl (C=O) groups is 2. The maximum atomic E-state index is 12.6. The Bertz CT molecular complexity index is 836. The van der Waals surface area contributed by atoms with E-state index in [1.807, 2.05) is 36.4 Å². The van der Waals surface area contributed by atoms with Crippen molar-refractivity contribution in [3.8, 4) is 0 Å². The van der Waals surface area contributed by atoms with E-state index in [9.17, 15) is 9.59 Å². The smallest absolute Gasteiger partial charge is 0.227 e. The fourth-order valence-corrected chi connectivity index (χ4v) is 3.79. The van der Waals surface area contributed by atoms with Gasteiger partial charge in [-0.15, -0.1) is 0 Å². The molecule has 1 aromatic heterocycles. The van der Waals surface area contributed by atoms with Crippen molar-refractivity contribution in [2.24, 2.45) is 5.92 Å². The Morgan fingerprint density at radius 2 is 1.89 bits per heavy atom. The highest BCUT2D eigenvalue weighted by atomic mass is 16.2. The first-order valence-electron chi connectivity index (χ1n) is 9.91. The largest absolute Gasteiger partial charge is 0.350 e. The van der Waals surface area contributed by atoms with Crippen LogP contribution in [0, 0.1) is 5.92 Å². The van der Waals surface area contributed by atoms with Gasteiger partial charge in [-0.25, -0.2) is 9.97 Å². The molecule has 0 aliphatic carbocycles. The number of nitrogens with one attached hydrogen (secondary N) is 1. The van der Waals surface area contributed by atoms with Gasteiger partial charge in [0.05, 0.1) is 18.2 Å². The van der Waals surface area contributed by atoms with E-state index in [-0.39, 0.29) is 24.2 Å². The number of para-hydroxylation sites is 1. The second-order valence-electron chi connectivity index (χ2n) is 7.35. The molecule has 0 saturated carbocycles. The fourth-order valence-electron chi connectivity index (χ4n) is 3.79. The number of hydrogen-bond donors (Lipinski definition) is 1. The van der Waals surface area contributed by atoms with Gasteiger partial charge >= 0.3 is 0 Å². The van der Waals surface area contributed by atoms with Gasteiger partial charge in [0.25, 0.3) is 0 Å². The zero-order valence-corrected chi connectivity index (χ0v) is 15.9. The molecule has 2 amide bonds. The normalized spacial score (nSPS) is 19.7. The van der Waals surface area contributed by atoms with Gasteiger partial charge < -0.3 is 15.1 Å². The Morgan fingerprint density at radius 3 is 2.68 bits per heavy atom. The second-order valence-corrected chi connectivity index (χ2v) is 7.35. The highest BCUT2D eigenvalue weighted by Crippen LogP contribution is 2.25. The van der Waals surface area contributed by atoms with Crippen LogP contribution in [0.4, 0.5) is 11.6 Å². The van der Waals surface area contributed by atoms with Crippen molar-refractivity contribution in [1.82, 2.24) is 15.3 Å². The predicted octanol–water partition coefficient (Wildman–Crippen LogP) is 2.14. The molecule has 7 heteroatoms. The SMILES string of the molecule is O=C(NCc1ccnc(N2CCCCC2)n1)C1CC(=O)N(c2ccccc2)C1. The summed E-state index contributed by atoms with van der Waals surface area (Å²) in [5.41, 5.74) is 1.62. The maximum Gasteiger partial charge on any atom is 0.227 e. The Labute approximate surface area is 164 Å². The standard InChI is InChI=1S/C21H25N5O2/c27-19-13-16(15-26(19)18-7-3-1-4-8-18)20(28)23-14-17-9-10-22-21(24-17)25-11-5-2-6-12-25/h1,3-4,7-10,16H,2,5-6,11-15H2,(H,23,28). The first-order valence-corrected chi connectivity index (χ1v) is 9.91. The summed E-state index contributed by atoms with van der Waals surface area (Å²) in [7, 11) is 0. The highest BCUT2D eigenvalue weighted by molar-refractivity contribution is 6.00. The minimum absolute atomic E-state index is 0.0132. The summed E-state index contributed by atoms with van der Waals surface area (Å²) in [6, 6.07) is 11.3. The third kappa shape index (κ3) is 4.13. The average molecular weight is 379 g/mol. The zero-order valence-electron chi connectivity index (χ0n) is 15.9. The summed E-state index contributed by atoms with van der Waals surface area (Å²) >= 11 is 0. The molecule has 0 bridgehead atoms. The molecule has 2 aliphatic rings. The van der Waals surface area contributed by atoms with E-state index < -0.39 is 0 Å². The van der Waals surface area contributed by atoms with Crippen molar-refractivity contribution in [2.75, 3.05) is 29.4 Å². The molecular weight excluding hydrogens is 354 g/mol. The summed E-state index contributed by atoms with van der Waals surface area (Å²) in [6.07, 6.45) is 5.57. The van der Waals surface area contributed by atoms with E-state index >= 15 is 0 Å². The molecule has 28 heavy (non-hydrogen) atoms. The molecular formula is C21H25N5O2. The van der Waals surface area contributed by atoms with Crippen LogP contribution in [0.25, 0.3) is 0 Å². The monoisotopic (exact) mass is 379 g/mol. The molecule has 1 unspecified atom stereocenters. The molecule has 1 atom stereocenters. The summed E-state index contributed by atoms with van der Waals surface area (Å²) in [5, 5.41) is 2.94. The van der Waals surface area contributed by atoms with Crippen LogP contribution in [-0.4, -0.2) is 41.4 Å². The van der Waals surface area contributed by atoms with Crippen LogP contribution in [0.15, 0.2) is 42.6 Å². The summed E-state index contributed by atoms with van der Waals surface area (Å²) in [4.78, 5) is 37.7. The summed E-state index contributed by atoms with van der Waals surface area (Å²) in [6.45, 7) is 2.72. The lowest BCUT2D eigenvalue weighted by Crippen LogP contribution is -2.33. The molecule has 0 spiro atoms. The van der Waals surface area contributed by atoms with E-state index in [4.69, 9.17) is 0 Å². The van der Waals surface area contributed by atoms with Crippen LogP contribution >= 0.6 is 0 Å². The number of hydrogen-bond acceptors (Lipinski definition) is 5. The van der Waals surface area contributed by atoms with Gasteiger partial charge in [0.2, 0.25) is 17.8 Å². The number of amides is 2. The van der Waals surface area contributed by atoms with Crippen LogP contribution in [-0.2, 0) is 16.1 Å². The minimum atomic E-state index is -0.337. The van der Waals surface area contributed by atoms with Gasteiger partial charge in [-0.05, 0) is 37.5 Å². The Morgan fingerprint density at radius 1 is 1.11 bits per heavy atom. The van der Waals surface area contributed by atoms with Crippen molar-refractivity contribution >= 4 is 23.5 Å². The maximum absolute atomic E-state index is 12.6. The van der Waals surface area contributed by atoms with E-state index in [1.54, 1.807) is 11.1 Å². The van der Waals surface area contributed by atoms with Gasteiger partial charge in [0.15, 0.2) is 0 Å². The van der Waals surface area contributed by atoms with Crippen molar-refractivity contribution < 1.29 is 9.59 Å². The summed E-state index contributed by atoms with van der Waals surface area (Å²) < 4.78 is 0. The minimum Gasteiger partial charge on any atom is -0.350 e. The number of aromatic nitrogens is 2. The van der Waals surface area contributed by atoms with E-state index in [0.29, 0.717) is 13.1 Å². The fraction of sp³-hybridized carbons (Fsp3) is 0.429. The Hall–Kier alpha value is -2.96. The Kier molecular flexibility index (Phi) is 5.50. The van der Waals surface area contributed by atoms with Gasteiger partial charge in [-0.2, -0.15) is 0 Å². The quantitative estimate of drug-likeness (QED) is 0.861. The first-order chi connectivity index (χ1) is 13.7. The second kappa shape index (κ2) is 8.37. The molecule has 2 saturated heterocycles. The third-order valence-corrected chi connectivity index (χ3v) is 5.35. The van der Waals surface area contributed by atoms with Gasteiger partial charge in [0.1, 0.15) is 0 Å². The van der Waals surface area contributed by atoms with Crippen molar-refractivity contribution in [3.05, 3.63) is 48.3 Å². The van der Waals surface area contributed by atoms with Crippen molar-refractivity contribution in [1.29, 1.82) is 0 Å². The number of nitrogens with zero attached hydrogens (tertiary/aromatic N) is 4. The van der Waals surface area contributed by atoms with Crippen molar-refractivity contribution in [2.45, 2.75) is 32.2 Å². The zero-order chi connectivity index (χ0) is 19.3. The number of anilines is 2.